The summed E-state index contributed by atoms with van der Waals surface area (Å²) in [6.45, 7) is 0. The highest BCUT2D eigenvalue weighted by Gasteiger charge is 2.35. The fourth-order valence-electron chi connectivity index (χ4n) is 2.59. The van der Waals surface area contributed by atoms with E-state index in [1.165, 1.54) is 30.6 Å². The molecule has 1 aliphatic heterocycles. The zero-order valence-corrected chi connectivity index (χ0v) is 9.19. The van der Waals surface area contributed by atoms with Crippen LogP contribution in [0.25, 0.3) is 0 Å². The number of benzene rings is 1. The fourth-order valence-corrected chi connectivity index (χ4v) is 2.59. The Morgan fingerprint density at radius 2 is 2.19 bits per heavy atom. The van der Waals surface area contributed by atoms with Gasteiger partial charge in [-0.3, -0.25) is 0 Å². The Bertz CT molecular complexity index is 431. The van der Waals surface area contributed by atoms with Gasteiger partial charge in [0.25, 0.3) is 0 Å². The van der Waals surface area contributed by atoms with E-state index >= 15 is 0 Å². The minimum atomic E-state index is 0.174. The molecule has 3 heteroatoms. The summed E-state index contributed by atoms with van der Waals surface area (Å²) < 4.78 is 0. The van der Waals surface area contributed by atoms with Crippen LogP contribution in [0.5, 0.6) is 0 Å². The SMILES string of the molecule is N#CCC1Nc2ccccc2N1C1CCC1. The fraction of sp³-hybridized carbons (Fsp3) is 0.462. The highest BCUT2D eigenvalue weighted by molar-refractivity contribution is 5.76. The van der Waals surface area contributed by atoms with Gasteiger partial charge in [-0.25, -0.2) is 0 Å². The molecular weight excluding hydrogens is 198 g/mol. The molecule has 1 saturated carbocycles. The minimum absolute atomic E-state index is 0.174. The van der Waals surface area contributed by atoms with Crippen molar-refractivity contribution in [1.82, 2.24) is 0 Å². The van der Waals surface area contributed by atoms with Crippen LogP contribution in [-0.2, 0) is 0 Å². The molecule has 3 nitrogen and oxygen atoms in total. The number of rotatable bonds is 2. The second-order valence-corrected chi connectivity index (χ2v) is 4.53. The number of nitrogens with zero attached hydrogens (tertiary/aromatic N) is 2. The summed E-state index contributed by atoms with van der Waals surface area (Å²) in [5, 5.41) is 12.3. The summed E-state index contributed by atoms with van der Waals surface area (Å²) in [5.74, 6) is 0. The monoisotopic (exact) mass is 213 g/mol. The Hall–Kier alpha value is -1.69. The second-order valence-electron chi connectivity index (χ2n) is 4.53. The van der Waals surface area contributed by atoms with Crippen molar-refractivity contribution < 1.29 is 0 Å². The Balaban J connectivity index is 1.93. The third-order valence-corrected chi connectivity index (χ3v) is 3.59. The van der Waals surface area contributed by atoms with Gasteiger partial charge in [0.2, 0.25) is 0 Å². The lowest BCUT2D eigenvalue weighted by Crippen LogP contribution is -2.46. The maximum Gasteiger partial charge on any atom is 0.113 e. The van der Waals surface area contributed by atoms with Crippen molar-refractivity contribution in [1.29, 1.82) is 5.26 Å². The lowest BCUT2D eigenvalue weighted by Gasteiger charge is -2.39. The first kappa shape index (κ1) is 9.53. The Kier molecular flexibility index (Phi) is 2.21. The number of para-hydroxylation sites is 2. The molecule has 0 saturated heterocycles. The third-order valence-electron chi connectivity index (χ3n) is 3.59. The van der Waals surface area contributed by atoms with Crippen molar-refractivity contribution in [2.45, 2.75) is 37.9 Å². The highest BCUT2D eigenvalue weighted by Crippen LogP contribution is 2.41. The van der Waals surface area contributed by atoms with E-state index in [2.05, 4.69) is 34.5 Å². The van der Waals surface area contributed by atoms with Gasteiger partial charge in [-0.05, 0) is 31.4 Å². The summed E-state index contributed by atoms with van der Waals surface area (Å²) in [7, 11) is 0. The van der Waals surface area contributed by atoms with Crippen molar-refractivity contribution in [2.24, 2.45) is 0 Å². The van der Waals surface area contributed by atoms with Gasteiger partial charge in [-0.2, -0.15) is 5.26 Å². The average molecular weight is 213 g/mol. The predicted molar refractivity (Wildman–Crippen MR) is 64.2 cm³/mol. The van der Waals surface area contributed by atoms with Crippen LogP contribution in [0.4, 0.5) is 11.4 Å². The van der Waals surface area contributed by atoms with Crippen LogP contribution in [0.2, 0.25) is 0 Å². The molecule has 1 N–H and O–H groups in total. The highest BCUT2D eigenvalue weighted by atomic mass is 15.3. The average Bonchev–Trinajstić information content (AvgIpc) is 2.56. The molecule has 3 rings (SSSR count). The van der Waals surface area contributed by atoms with Crippen molar-refractivity contribution in [3.05, 3.63) is 24.3 Å². The van der Waals surface area contributed by atoms with Crippen LogP contribution < -0.4 is 10.2 Å². The molecule has 82 valence electrons. The van der Waals surface area contributed by atoms with Gasteiger partial charge in [0, 0.05) is 6.04 Å². The van der Waals surface area contributed by atoms with E-state index in [1.54, 1.807) is 0 Å². The Morgan fingerprint density at radius 3 is 2.88 bits per heavy atom. The van der Waals surface area contributed by atoms with E-state index in [1.807, 2.05) is 6.07 Å². The van der Waals surface area contributed by atoms with Crippen LogP contribution in [0, 0.1) is 11.3 Å². The Labute approximate surface area is 95.7 Å². The molecule has 1 aliphatic carbocycles. The van der Waals surface area contributed by atoms with Gasteiger partial charge >= 0.3 is 0 Å². The van der Waals surface area contributed by atoms with Gasteiger partial charge in [0.15, 0.2) is 0 Å². The maximum absolute atomic E-state index is 8.88. The van der Waals surface area contributed by atoms with Crippen molar-refractivity contribution in [3.63, 3.8) is 0 Å². The molecule has 1 atom stereocenters. The standard InChI is InChI=1S/C13H15N3/c14-9-8-13-15-11-6-1-2-7-12(11)16(13)10-4-3-5-10/h1-2,6-7,10,13,15H,3-5,8H2. The van der Waals surface area contributed by atoms with E-state index in [0.717, 1.165) is 0 Å². The number of anilines is 2. The third kappa shape index (κ3) is 1.34. The van der Waals surface area contributed by atoms with E-state index < -0.39 is 0 Å². The number of nitrogens with one attached hydrogen (secondary N) is 1. The zero-order chi connectivity index (χ0) is 11.0. The molecule has 16 heavy (non-hydrogen) atoms. The minimum Gasteiger partial charge on any atom is -0.363 e. The maximum atomic E-state index is 8.88. The number of hydrogen-bond acceptors (Lipinski definition) is 3. The summed E-state index contributed by atoms with van der Waals surface area (Å²) >= 11 is 0. The van der Waals surface area contributed by atoms with Gasteiger partial charge in [0.05, 0.1) is 23.9 Å². The van der Waals surface area contributed by atoms with Gasteiger partial charge in [-0.15, -0.1) is 0 Å². The molecule has 1 unspecified atom stereocenters. The molecule has 0 aromatic heterocycles. The molecule has 1 aromatic rings. The van der Waals surface area contributed by atoms with Crippen molar-refractivity contribution in [3.8, 4) is 6.07 Å². The normalized spacial score (nSPS) is 23.2. The smallest absolute Gasteiger partial charge is 0.113 e. The summed E-state index contributed by atoms with van der Waals surface area (Å²) in [4.78, 5) is 2.40. The molecule has 0 radical (unpaired) electrons. The van der Waals surface area contributed by atoms with E-state index in [0.29, 0.717) is 12.5 Å². The first-order valence-corrected chi connectivity index (χ1v) is 5.91. The van der Waals surface area contributed by atoms with Crippen molar-refractivity contribution >= 4 is 11.4 Å². The largest absolute Gasteiger partial charge is 0.363 e. The number of fused-ring (bicyclic) bond motifs is 1. The Morgan fingerprint density at radius 1 is 1.38 bits per heavy atom. The zero-order valence-electron chi connectivity index (χ0n) is 9.19. The predicted octanol–water partition coefficient (Wildman–Crippen LogP) is 2.71. The summed E-state index contributed by atoms with van der Waals surface area (Å²) in [6, 6.07) is 11.3. The molecule has 0 bridgehead atoms. The molecule has 2 aliphatic rings. The van der Waals surface area contributed by atoms with E-state index in [-0.39, 0.29) is 6.17 Å². The second kappa shape index (κ2) is 3.71. The van der Waals surface area contributed by atoms with Crippen LogP contribution in [0.1, 0.15) is 25.7 Å². The molecule has 0 amide bonds. The summed E-state index contributed by atoms with van der Waals surface area (Å²) in [5.41, 5.74) is 2.45. The van der Waals surface area contributed by atoms with Crippen molar-refractivity contribution in [2.75, 3.05) is 10.2 Å². The lowest BCUT2D eigenvalue weighted by molar-refractivity contribution is 0.372. The van der Waals surface area contributed by atoms with E-state index in [9.17, 15) is 0 Å². The van der Waals surface area contributed by atoms with Gasteiger partial charge in [-0.1, -0.05) is 12.1 Å². The number of nitriles is 1. The lowest BCUT2D eigenvalue weighted by atomic mass is 9.91. The topological polar surface area (TPSA) is 39.1 Å². The molecule has 1 heterocycles. The van der Waals surface area contributed by atoms with Crippen LogP contribution in [0.15, 0.2) is 24.3 Å². The van der Waals surface area contributed by atoms with Crippen LogP contribution >= 0.6 is 0 Å². The van der Waals surface area contributed by atoms with Gasteiger partial charge in [0.1, 0.15) is 6.17 Å². The molecular formula is C13H15N3. The van der Waals surface area contributed by atoms with E-state index in [4.69, 9.17) is 5.26 Å². The van der Waals surface area contributed by atoms with Crippen LogP contribution in [-0.4, -0.2) is 12.2 Å². The quantitative estimate of drug-likeness (QED) is 0.821. The van der Waals surface area contributed by atoms with Crippen LogP contribution in [0.3, 0.4) is 0 Å². The molecule has 0 spiro atoms. The first-order valence-electron chi connectivity index (χ1n) is 5.91. The number of hydrogen-bond donors (Lipinski definition) is 1. The van der Waals surface area contributed by atoms with Gasteiger partial charge < -0.3 is 10.2 Å². The summed E-state index contributed by atoms with van der Waals surface area (Å²) in [6.07, 6.45) is 4.57. The molecule has 1 fully saturated rings. The first-order chi connectivity index (χ1) is 7.90. The molecule has 1 aromatic carbocycles.